The number of hydrogen-bond donors (Lipinski definition) is 2. The molecule has 108 valence electrons. The molecule has 2 heterocycles. The lowest BCUT2D eigenvalue weighted by Crippen LogP contribution is -2.50. The highest BCUT2D eigenvalue weighted by atomic mass is 32.2. The first-order valence-corrected chi connectivity index (χ1v) is 7.68. The number of aromatic nitrogens is 2. The Balaban J connectivity index is 2.19. The van der Waals surface area contributed by atoms with Crippen LogP contribution in [0.4, 0.5) is 5.69 Å². The van der Waals surface area contributed by atoms with Gasteiger partial charge in [-0.3, -0.25) is 9.82 Å². The molecule has 0 amide bonds. The van der Waals surface area contributed by atoms with E-state index in [-0.39, 0.29) is 12.2 Å². The number of aromatic amines is 1. The van der Waals surface area contributed by atoms with E-state index in [2.05, 4.69) is 14.9 Å². The van der Waals surface area contributed by atoms with Crippen molar-refractivity contribution < 1.29 is 13.2 Å². The normalized spacial score (nSPS) is 25.5. The summed E-state index contributed by atoms with van der Waals surface area (Å²) in [7, 11) is -3.57. The molecule has 0 aromatic carbocycles. The van der Waals surface area contributed by atoms with Crippen molar-refractivity contribution in [2.75, 3.05) is 17.8 Å². The van der Waals surface area contributed by atoms with Gasteiger partial charge < -0.3 is 4.74 Å². The third kappa shape index (κ3) is 3.07. The summed E-state index contributed by atoms with van der Waals surface area (Å²) in [6.07, 6.45) is -0.210. The quantitative estimate of drug-likeness (QED) is 0.861. The van der Waals surface area contributed by atoms with E-state index < -0.39 is 10.2 Å². The average Bonchev–Trinajstić information content (AvgIpc) is 2.59. The van der Waals surface area contributed by atoms with Gasteiger partial charge in [0, 0.05) is 13.1 Å². The fraction of sp³-hybridized carbons (Fsp3) is 0.727. The van der Waals surface area contributed by atoms with Crippen molar-refractivity contribution in [3.8, 4) is 0 Å². The molecule has 1 aromatic heterocycles. The summed E-state index contributed by atoms with van der Waals surface area (Å²) in [6.45, 7) is 7.98. The molecule has 0 bridgehead atoms. The minimum Gasteiger partial charge on any atom is -0.373 e. The van der Waals surface area contributed by atoms with E-state index in [4.69, 9.17) is 4.74 Å². The van der Waals surface area contributed by atoms with Gasteiger partial charge in [-0.2, -0.15) is 17.8 Å². The van der Waals surface area contributed by atoms with Crippen LogP contribution in [0.15, 0.2) is 0 Å². The topological polar surface area (TPSA) is 87.3 Å². The fourth-order valence-corrected chi connectivity index (χ4v) is 3.72. The van der Waals surface area contributed by atoms with Gasteiger partial charge in [0.1, 0.15) is 0 Å². The van der Waals surface area contributed by atoms with Crippen molar-refractivity contribution in [1.29, 1.82) is 0 Å². The van der Waals surface area contributed by atoms with E-state index in [0.717, 1.165) is 0 Å². The predicted octanol–water partition coefficient (Wildman–Crippen LogP) is 0.792. The highest BCUT2D eigenvalue weighted by Gasteiger charge is 2.31. The van der Waals surface area contributed by atoms with Gasteiger partial charge in [0.05, 0.1) is 29.3 Å². The lowest BCUT2D eigenvalue weighted by atomic mass is 10.3. The van der Waals surface area contributed by atoms with Crippen LogP contribution in [0.3, 0.4) is 0 Å². The second-order valence-electron chi connectivity index (χ2n) is 4.99. The summed E-state index contributed by atoms with van der Waals surface area (Å²) in [5.74, 6) is 0. The molecular formula is C11H20N4O3S. The van der Waals surface area contributed by atoms with Crippen LogP contribution in [0.1, 0.15) is 25.2 Å². The fourth-order valence-electron chi connectivity index (χ4n) is 2.22. The molecule has 2 rings (SSSR count). The van der Waals surface area contributed by atoms with Crippen LogP contribution in [0, 0.1) is 13.8 Å². The second kappa shape index (κ2) is 5.10. The summed E-state index contributed by atoms with van der Waals surface area (Å²) in [5, 5.41) is 6.74. The van der Waals surface area contributed by atoms with Crippen molar-refractivity contribution >= 4 is 15.9 Å². The first kappa shape index (κ1) is 14.3. The maximum Gasteiger partial charge on any atom is 0.301 e. The summed E-state index contributed by atoms with van der Waals surface area (Å²) in [6, 6.07) is 0. The smallest absolute Gasteiger partial charge is 0.301 e. The number of morpholine rings is 1. The summed E-state index contributed by atoms with van der Waals surface area (Å²) in [4.78, 5) is 0. The first-order valence-electron chi connectivity index (χ1n) is 6.24. The van der Waals surface area contributed by atoms with Crippen molar-refractivity contribution in [3.63, 3.8) is 0 Å². The monoisotopic (exact) mass is 288 g/mol. The molecule has 19 heavy (non-hydrogen) atoms. The molecular weight excluding hydrogens is 268 g/mol. The Bertz CT molecular complexity index is 525. The van der Waals surface area contributed by atoms with Crippen molar-refractivity contribution in [3.05, 3.63) is 11.4 Å². The number of H-pyrrole nitrogens is 1. The molecule has 1 aliphatic heterocycles. The maximum atomic E-state index is 12.4. The highest BCUT2D eigenvalue weighted by Crippen LogP contribution is 2.21. The van der Waals surface area contributed by atoms with E-state index in [1.807, 2.05) is 13.8 Å². The third-order valence-corrected chi connectivity index (χ3v) is 4.53. The van der Waals surface area contributed by atoms with Gasteiger partial charge in [0.25, 0.3) is 0 Å². The van der Waals surface area contributed by atoms with Crippen LogP contribution in [-0.4, -0.2) is 48.2 Å². The molecule has 2 N–H and O–H groups in total. The average molecular weight is 288 g/mol. The summed E-state index contributed by atoms with van der Waals surface area (Å²) >= 11 is 0. The van der Waals surface area contributed by atoms with Crippen LogP contribution >= 0.6 is 0 Å². The molecule has 2 unspecified atom stereocenters. The van der Waals surface area contributed by atoms with Gasteiger partial charge in [0.2, 0.25) is 0 Å². The van der Waals surface area contributed by atoms with Gasteiger partial charge in [0.15, 0.2) is 0 Å². The van der Waals surface area contributed by atoms with E-state index in [1.165, 1.54) is 4.31 Å². The number of nitrogens with zero attached hydrogens (tertiary/aromatic N) is 2. The standard InChI is InChI=1S/C11H20N4O3S/c1-7-5-15(6-8(2)18-7)19(16,17)14-11-9(3)12-13-10(11)4/h7-8,14H,5-6H2,1-4H3,(H,12,13). The van der Waals surface area contributed by atoms with E-state index in [9.17, 15) is 8.42 Å². The van der Waals surface area contributed by atoms with Gasteiger partial charge in [-0.25, -0.2) is 0 Å². The molecule has 1 aromatic rings. The maximum absolute atomic E-state index is 12.4. The number of ether oxygens (including phenoxy) is 1. The number of anilines is 1. The largest absolute Gasteiger partial charge is 0.373 e. The molecule has 2 atom stereocenters. The Kier molecular flexibility index (Phi) is 3.84. The SMILES string of the molecule is Cc1n[nH]c(C)c1NS(=O)(=O)N1CC(C)OC(C)C1. The second-order valence-corrected chi connectivity index (χ2v) is 6.66. The Hall–Kier alpha value is -1.12. The van der Waals surface area contributed by atoms with Crippen LogP contribution in [-0.2, 0) is 14.9 Å². The zero-order chi connectivity index (χ0) is 14.2. The van der Waals surface area contributed by atoms with E-state index in [1.54, 1.807) is 13.8 Å². The van der Waals surface area contributed by atoms with Crippen LogP contribution in [0.5, 0.6) is 0 Å². The number of hydrogen-bond acceptors (Lipinski definition) is 4. The predicted molar refractivity (Wildman–Crippen MR) is 72.2 cm³/mol. The van der Waals surface area contributed by atoms with E-state index in [0.29, 0.717) is 30.2 Å². The molecule has 0 saturated carbocycles. The number of aryl methyl sites for hydroxylation is 2. The molecule has 0 radical (unpaired) electrons. The Morgan fingerprint density at radius 2 is 1.89 bits per heavy atom. The van der Waals surface area contributed by atoms with Crippen LogP contribution in [0.2, 0.25) is 0 Å². The minimum absolute atomic E-state index is 0.105. The Morgan fingerprint density at radius 3 is 2.37 bits per heavy atom. The molecule has 0 spiro atoms. The Morgan fingerprint density at radius 1 is 1.32 bits per heavy atom. The molecule has 1 saturated heterocycles. The Labute approximate surface area is 113 Å². The molecule has 1 aliphatic rings. The van der Waals surface area contributed by atoms with Crippen LogP contribution in [0.25, 0.3) is 0 Å². The van der Waals surface area contributed by atoms with Gasteiger partial charge >= 0.3 is 10.2 Å². The lowest BCUT2D eigenvalue weighted by Gasteiger charge is -2.34. The third-order valence-electron chi connectivity index (χ3n) is 3.09. The molecule has 1 fully saturated rings. The van der Waals surface area contributed by atoms with Crippen molar-refractivity contribution in [2.24, 2.45) is 0 Å². The van der Waals surface area contributed by atoms with Crippen molar-refractivity contribution in [1.82, 2.24) is 14.5 Å². The van der Waals surface area contributed by atoms with Gasteiger partial charge in [-0.15, -0.1) is 0 Å². The first-order chi connectivity index (χ1) is 8.79. The van der Waals surface area contributed by atoms with Gasteiger partial charge in [-0.1, -0.05) is 0 Å². The summed E-state index contributed by atoms with van der Waals surface area (Å²) in [5.41, 5.74) is 1.86. The van der Waals surface area contributed by atoms with Gasteiger partial charge in [-0.05, 0) is 27.7 Å². The molecule has 7 nitrogen and oxygen atoms in total. The molecule has 0 aliphatic carbocycles. The van der Waals surface area contributed by atoms with Crippen LogP contribution < -0.4 is 4.72 Å². The zero-order valence-corrected chi connectivity index (χ0v) is 12.4. The number of nitrogens with one attached hydrogen (secondary N) is 2. The van der Waals surface area contributed by atoms with E-state index >= 15 is 0 Å². The van der Waals surface area contributed by atoms with Crippen molar-refractivity contribution in [2.45, 2.75) is 39.9 Å². The highest BCUT2D eigenvalue weighted by molar-refractivity contribution is 7.90. The lowest BCUT2D eigenvalue weighted by molar-refractivity contribution is -0.0439. The molecule has 8 heteroatoms. The zero-order valence-electron chi connectivity index (χ0n) is 11.6. The minimum atomic E-state index is -3.57. The number of rotatable bonds is 3. The summed E-state index contributed by atoms with van der Waals surface area (Å²) < 4.78 is 34.3.